The smallest absolute Gasteiger partial charge is 0.405 e. The molecule has 72 heavy (non-hydrogen) atoms. The first-order chi connectivity index (χ1) is 33.4. The largest absolute Gasteiger partial charge is 0.481 e. The molecule has 21 heteroatoms. The molecule has 0 radical (unpaired) electrons. The quantitative estimate of drug-likeness (QED) is 0.0355. The fraction of sp³-hybridized carbons (Fsp3) is 0.588. The maximum absolute atomic E-state index is 12.7. The van der Waals surface area contributed by atoms with E-state index in [-0.39, 0.29) is 68.1 Å². The third-order valence-corrected chi connectivity index (χ3v) is 14.5. The summed E-state index contributed by atoms with van der Waals surface area (Å²) in [5.74, 6) is -7.06. The molecule has 4 saturated carbocycles. The number of ether oxygens (including phenoxy) is 2. The molecule has 0 spiro atoms. The number of halogens is 3. The summed E-state index contributed by atoms with van der Waals surface area (Å²) in [6, 6.07) is 0. The van der Waals surface area contributed by atoms with Crippen LogP contribution in [0.15, 0.2) is 72.9 Å². The van der Waals surface area contributed by atoms with Crippen molar-refractivity contribution in [2.24, 2.45) is 69.5 Å². The Hall–Kier alpha value is -6.54. The van der Waals surface area contributed by atoms with Crippen LogP contribution in [0.4, 0.5) is 13.2 Å². The Labute approximate surface area is 414 Å². The molecule has 0 heterocycles. The van der Waals surface area contributed by atoms with Crippen LogP contribution in [0.2, 0.25) is 0 Å². The summed E-state index contributed by atoms with van der Waals surface area (Å²) < 4.78 is 47.3. The summed E-state index contributed by atoms with van der Waals surface area (Å²) in [4.78, 5) is 95.3. The summed E-state index contributed by atoms with van der Waals surface area (Å²) >= 11 is 0. The van der Waals surface area contributed by atoms with E-state index in [9.17, 15) is 56.3 Å². The maximum atomic E-state index is 12.7. The number of allylic oxidation sites excluding steroid dienone is 8. The van der Waals surface area contributed by atoms with Crippen LogP contribution in [0, 0.1) is 69.5 Å². The fourth-order valence-electron chi connectivity index (χ4n) is 10.6. The molecule has 0 aliphatic heterocycles. The molecule has 8 bridgehead atoms. The Balaban J connectivity index is 0.000000229. The van der Waals surface area contributed by atoms with Gasteiger partial charge in [-0.2, -0.15) is 13.2 Å². The molecule has 8 rings (SSSR count). The van der Waals surface area contributed by atoms with E-state index in [0.717, 1.165) is 32.1 Å². The molecular weight excluding hydrogens is 958 g/mol. The van der Waals surface area contributed by atoms with Gasteiger partial charge in [0.05, 0.1) is 36.2 Å². The SMILES string of the molecule is C=C(C)C(=O)OCCC(=O)O.C=C(C)C(=O)OCCCC(=O)O.CC1(C(=O)O)CC2C=CC1C2.O=C(O)C1(C(F)(F)F)CC2C=CC1C2.O=C(O)C1CC2C=CC1C2.O=C(O)CC1(C(=O)O)CC2C=CC1C2. The van der Waals surface area contributed by atoms with Crippen LogP contribution in [0.1, 0.15) is 97.8 Å². The number of hydrogen-bond donors (Lipinski definition) is 7. The Morgan fingerprint density at radius 3 is 1.32 bits per heavy atom. The average molecular weight is 1020 g/mol. The molecule has 12 atom stereocenters. The Kier molecular flexibility index (Phi) is 20.9. The zero-order valence-electron chi connectivity index (χ0n) is 40.4. The van der Waals surface area contributed by atoms with Crippen molar-refractivity contribution in [3.63, 3.8) is 0 Å². The van der Waals surface area contributed by atoms with Gasteiger partial charge in [-0.05, 0) is 120 Å². The molecule has 0 saturated heterocycles. The fourth-order valence-corrected chi connectivity index (χ4v) is 10.6. The predicted molar refractivity (Wildman–Crippen MR) is 247 cm³/mol. The van der Waals surface area contributed by atoms with E-state index < -0.39 is 82.1 Å². The van der Waals surface area contributed by atoms with Crippen molar-refractivity contribution in [2.45, 2.75) is 104 Å². The molecule has 4 fully saturated rings. The average Bonchev–Trinajstić information content (AvgIpc) is 4.16. The van der Waals surface area contributed by atoms with Crippen molar-refractivity contribution in [3.8, 4) is 0 Å². The maximum Gasteiger partial charge on any atom is 0.405 e. The Bertz CT molecular complexity index is 2230. The first kappa shape index (κ1) is 59.8. The minimum Gasteiger partial charge on any atom is -0.481 e. The molecule has 7 N–H and O–H groups in total. The van der Waals surface area contributed by atoms with Crippen LogP contribution >= 0.6 is 0 Å². The predicted octanol–water partition coefficient (Wildman–Crippen LogP) is 7.85. The first-order valence-corrected chi connectivity index (χ1v) is 23.4. The number of carbonyl (C=O) groups is 9. The standard InChI is InChI=1S/C10H12O4.C9H9F3O2.C9H12O2.C8H12O4.C8H10O2.C7H10O4/c11-8(12)5-10(9(13)14)4-6-1-2-7(10)3-6;10-9(11,12)8(7(13)14)4-5-1-2-6(8)3-5;1-9(8(10)11)5-6-2-3-7(9)4-6;1-6(2)8(11)12-5-3-4-7(9)10;9-8(10)7-4-5-1-2-6(7)3-5;1-5(2)7(10)11-4-3-6(8)9/h1-2,6-7H,3-5H2,(H,11,12)(H,13,14);1-2,5-6H,3-4H2,(H,13,14);2-3,6-7H,4-5H2,1H3,(H,10,11);1,3-5H2,2H3,(H,9,10);1-2,5-7H,3-4H2,(H,9,10);1,3-4H2,2H3,(H,8,9). The number of alkyl halides is 3. The van der Waals surface area contributed by atoms with Crippen LogP contribution < -0.4 is 0 Å². The zero-order chi connectivity index (χ0) is 54.5. The third kappa shape index (κ3) is 15.2. The summed E-state index contributed by atoms with van der Waals surface area (Å²) in [5.41, 5.74) is -3.42. The topological polar surface area (TPSA) is 314 Å². The summed E-state index contributed by atoms with van der Waals surface area (Å²) in [6.45, 7) is 11.7. The van der Waals surface area contributed by atoms with Gasteiger partial charge in [-0.1, -0.05) is 61.8 Å². The van der Waals surface area contributed by atoms with Gasteiger partial charge in [-0.3, -0.25) is 33.6 Å². The van der Waals surface area contributed by atoms with Crippen LogP contribution in [-0.4, -0.2) is 109 Å². The van der Waals surface area contributed by atoms with Gasteiger partial charge in [0.2, 0.25) is 0 Å². The van der Waals surface area contributed by atoms with Crippen LogP contribution in [0.5, 0.6) is 0 Å². The van der Waals surface area contributed by atoms with Crippen molar-refractivity contribution in [1.82, 2.24) is 0 Å². The van der Waals surface area contributed by atoms with E-state index in [0.29, 0.717) is 48.5 Å². The molecule has 8 aliphatic rings. The minimum atomic E-state index is -4.65. The highest BCUT2D eigenvalue weighted by molar-refractivity contribution is 5.87. The van der Waals surface area contributed by atoms with Gasteiger partial charge >= 0.3 is 59.9 Å². The van der Waals surface area contributed by atoms with Crippen LogP contribution in [0.3, 0.4) is 0 Å². The van der Waals surface area contributed by atoms with Gasteiger partial charge in [0.15, 0.2) is 5.41 Å². The molecule has 12 unspecified atom stereocenters. The van der Waals surface area contributed by atoms with Gasteiger partial charge in [0.1, 0.15) is 6.61 Å². The van der Waals surface area contributed by atoms with Crippen molar-refractivity contribution >= 4 is 53.7 Å². The normalized spacial score (nSPS) is 31.3. The van der Waals surface area contributed by atoms with Gasteiger partial charge in [0, 0.05) is 23.5 Å². The lowest BCUT2D eigenvalue weighted by Crippen LogP contribution is -2.48. The number of carboxylic acids is 7. The van der Waals surface area contributed by atoms with Gasteiger partial charge < -0.3 is 45.2 Å². The van der Waals surface area contributed by atoms with Crippen molar-refractivity contribution in [2.75, 3.05) is 13.2 Å². The lowest BCUT2D eigenvalue weighted by atomic mass is 9.73. The van der Waals surface area contributed by atoms with Crippen molar-refractivity contribution < 1.29 is 102 Å². The molecule has 8 aliphatic carbocycles. The molecule has 0 aromatic heterocycles. The number of carboxylic acid groups (broad SMARTS) is 7. The van der Waals surface area contributed by atoms with Crippen molar-refractivity contribution in [3.05, 3.63) is 72.9 Å². The highest BCUT2D eigenvalue weighted by Crippen LogP contribution is 2.60. The van der Waals surface area contributed by atoms with Gasteiger partial charge in [-0.25, -0.2) is 9.59 Å². The van der Waals surface area contributed by atoms with E-state index in [2.05, 4.69) is 46.9 Å². The second-order valence-electron chi connectivity index (χ2n) is 19.8. The van der Waals surface area contributed by atoms with E-state index in [1.54, 1.807) is 13.0 Å². The van der Waals surface area contributed by atoms with E-state index in [1.165, 1.54) is 13.0 Å². The van der Waals surface area contributed by atoms with Gasteiger partial charge in [0.25, 0.3) is 0 Å². The second kappa shape index (κ2) is 25.2. The number of hydrogen-bond acceptors (Lipinski definition) is 11. The number of carbonyl (C=O) groups excluding carboxylic acids is 2. The lowest BCUT2D eigenvalue weighted by molar-refractivity contribution is -0.238. The summed E-state index contributed by atoms with van der Waals surface area (Å²) in [7, 11) is 0. The number of esters is 2. The minimum absolute atomic E-state index is 0.0173. The number of fused-ring (bicyclic) bond motifs is 8. The van der Waals surface area contributed by atoms with Crippen LogP contribution in [0.25, 0.3) is 0 Å². The molecule has 398 valence electrons. The van der Waals surface area contributed by atoms with E-state index >= 15 is 0 Å². The monoisotopic (exact) mass is 1020 g/mol. The number of rotatable bonds is 15. The summed E-state index contributed by atoms with van der Waals surface area (Å²) in [6.07, 6.45) is 15.9. The third-order valence-electron chi connectivity index (χ3n) is 14.5. The molecule has 0 aromatic carbocycles. The molecular formula is C51H65F3O18. The Morgan fingerprint density at radius 1 is 0.556 bits per heavy atom. The molecule has 18 nitrogen and oxygen atoms in total. The molecule has 0 aromatic rings. The number of aliphatic carboxylic acids is 7. The second-order valence-corrected chi connectivity index (χ2v) is 19.8. The Morgan fingerprint density at radius 2 is 1.04 bits per heavy atom. The first-order valence-electron chi connectivity index (χ1n) is 23.4. The van der Waals surface area contributed by atoms with Crippen LogP contribution in [-0.2, 0) is 52.6 Å². The highest BCUT2D eigenvalue weighted by Gasteiger charge is 2.69. The van der Waals surface area contributed by atoms with Gasteiger partial charge in [-0.15, -0.1) is 0 Å². The van der Waals surface area contributed by atoms with Crippen molar-refractivity contribution in [1.29, 1.82) is 0 Å². The highest BCUT2D eigenvalue weighted by atomic mass is 19.4. The van der Waals surface area contributed by atoms with E-state index in [1.807, 2.05) is 19.1 Å². The van der Waals surface area contributed by atoms with E-state index in [4.69, 9.17) is 35.7 Å². The lowest BCUT2D eigenvalue weighted by Gasteiger charge is -2.32. The zero-order valence-corrected chi connectivity index (χ0v) is 40.4. The molecule has 0 amide bonds. The summed E-state index contributed by atoms with van der Waals surface area (Å²) in [5, 5.41) is 60.7.